The van der Waals surface area contributed by atoms with E-state index in [1.54, 1.807) is 36.5 Å². The largest absolute Gasteiger partial charge is 0.452 e. The van der Waals surface area contributed by atoms with Crippen LogP contribution >= 0.6 is 15.9 Å². The Labute approximate surface area is 148 Å². The second-order valence-corrected chi connectivity index (χ2v) is 6.65. The van der Waals surface area contributed by atoms with Crippen LogP contribution in [0.5, 0.6) is 0 Å². The van der Waals surface area contributed by atoms with E-state index in [1.165, 1.54) is 12.8 Å². The van der Waals surface area contributed by atoms with Gasteiger partial charge in [0.1, 0.15) is 5.82 Å². The van der Waals surface area contributed by atoms with Crippen molar-refractivity contribution in [1.29, 1.82) is 0 Å². The highest BCUT2D eigenvalue weighted by Gasteiger charge is 2.20. The second-order valence-electron chi connectivity index (χ2n) is 5.73. The van der Waals surface area contributed by atoms with Crippen molar-refractivity contribution in [3.63, 3.8) is 0 Å². The van der Waals surface area contributed by atoms with Crippen LogP contribution in [0, 0.1) is 0 Å². The molecule has 2 aromatic rings. The Hall–Kier alpha value is -2.15. The van der Waals surface area contributed by atoms with Gasteiger partial charge in [0.05, 0.1) is 17.8 Å². The van der Waals surface area contributed by atoms with Gasteiger partial charge in [-0.25, -0.2) is 9.48 Å². The SMILES string of the molecule is O=C(COC(=O)c1ccc(Br)cc1)Nc1ccnn1C1CCCC1. The molecule has 3 rings (SSSR count). The van der Waals surface area contributed by atoms with Crippen molar-refractivity contribution >= 4 is 33.6 Å². The fourth-order valence-corrected chi connectivity index (χ4v) is 3.10. The summed E-state index contributed by atoms with van der Waals surface area (Å²) in [5.74, 6) is -0.256. The monoisotopic (exact) mass is 391 g/mol. The van der Waals surface area contributed by atoms with E-state index in [0.717, 1.165) is 17.3 Å². The maximum Gasteiger partial charge on any atom is 0.338 e. The van der Waals surface area contributed by atoms with E-state index in [1.807, 2.05) is 4.68 Å². The fraction of sp³-hybridized carbons (Fsp3) is 0.353. The predicted molar refractivity (Wildman–Crippen MR) is 92.8 cm³/mol. The lowest BCUT2D eigenvalue weighted by atomic mass is 10.2. The summed E-state index contributed by atoms with van der Waals surface area (Å²) in [5, 5.41) is 7.05. The van der Waals surface area contributed by atoms with Crippen molar-refractivity contribution in [2.45, 2.75) is 31.7 Å². The summed E-state index contributed by atoms with van der Waals surface area (Å²) in [6, 6.07) is 8.86. The molecule has 1 aliphatic carbocycles. The minimum Gasteiger partial charge on any atom is -0.452 e. The molecule has 1 N–H and O–H groups in total. The zero-order valence-corrected chi connectivity index (χ0v) is 14.7. The predicted octanol–water partition coefficient (Wildman–Crippen LogP) is 3.56. The number of hydrogen-bond acceptors (Lipinski definition) is 4. The van der Waals surface area contributed by atoms with Crippen molar-refractivity contribution in [1.82, 2.24) is 9.78 Å². The Morgan fingerprint density at radius 2 is 1.92 bits per heavy atom. The summed E-state index contributed by atoms with van der Waals surface area (Å²) < 4.78 is 7.77. The van der Waals surface area contributed by atoms with Gasteiger partial charge in [0.2, 0.25) is 0 Å². The summed E-state index contributed by atoms with van der Waals surface area (Å²) in [6.07, 6.45) is 6.18. The lowest BCUT2D eigenvalue weighted by molar-refractivity contribution is -0.119. The van der Waals surface area contributed by atoms with Crippen LogP contribution < -0.4 is 5.32 Å². The van der Waals surface area contributed by atoms with Crippen molar-refractivity contribution in [3.05, 3.63) is 46.6 Å². The molecule has 0 spiro atoms. The molecule has 1 aliphatic rings. The van der Waals surface area contributed by atoms with E-state index in [-0.39, 0.29) is 12.5 Å². The van der Waals surface area contributed by atoms with Crippen molar-refractivity contribution < 1.29 is 14.3 Å². The van der Waals surface area contributed by atoms with Crippen LogP contribution in [0.3, 0.4) is 0 Å². The third kappa shape index (κ3) is 4.03. The zero-order valence-electron chi connectivity index (χ0n) is 13.1. The number of esters is 1. The smallest absolute Gasteiger partial charge is 0.338 e. The van der Waals surface area contributed by atoms with Crippen molar-refractivity contribution in [2.24, 2.45) is 0 Å². The molecule has 6 nitrogen and oxygen atoms in total. The van der Waals surface area contributed by atoms with Gasteiger partial charge < -0.3 is 10.1 Å². The standard InChI is InChI=1S/C17H18BrN3O3/c18-13-7-5-12(6-8-13)17(23)24-11-16(22)20-15-9-10-19-21(15)14-3-1-2-4-14/h5-10,14H,1-4,11H2,(H,20,22). The Morgan fingerprint density at radius 1 is 1.21 bits per heavy atom. The molecule has 0 saturated heterocycles. The minimum atomic E-state index is -0.526. The number of carbonyl (C=O) groups excluding carboxylic acids is 2. The molecule has 0 bridgehead atoms. The van der Waals surface area contributed by atoms with E-state index in [0.29, 0.717) is 17.4 Å². The van der Waals surface area contributed by atoms with Crippen LogP contribution in [0.4, 0.5) is 5.82 Å². The number of halogens is 1. The third-order valence-electron chi connectivity index (χ3n) is 4.02. The minimum absolute atomic E-state index is 0.329. The molecule has 0 aliphatic heterocycles. The Bertz CT molecular complexity index is 721. The number of anilines is 1. The molecule has 126 valence electrons. The number of carbonyl (C=O) groups is 2. The lowest BCUT2D eigenvalue weighted by Crippen LogP contribution is -2.23. The molecule has 24 heavy (non-hydrogen) atoms. The van der Waals surface area contributed by atoms with Gasteiger partial charge in [-0.05, 0) is 37.1 Å². The molecule has 1 aromatic carbocycles. The number of amides is 1. The van der Waals surface area contributed by atoms with Gasteiger partial charge in [-0.2, -0.15) is 5.10 Å². The van der Waals surface area contributed by atoms with Crippen LogP contribution in [-0.2, 0) is 9.53 Å². The number of nitrogens with zero attached hydrogens (tertiary/aromatic N) is 2. The van der Waals surface area contributed by atoms with Gasteiger partial charge in [0.15, 0.2) is 6.61 Å². The van der Waals surface area contributed by atoms with Crippen molar-refractivity contribution in [2.75, 3.05) is 11.9 Å². The average molecular weight is 392 g/mol. The second kappa shape index (κ2) is 7.61. The van der Waals surface area contributed by atoms with E-state index in [9.17, 15) is 9.59 Å². The van der Waals surface area contributed by atoms with Crippen LogP contribution in [-0.4, -0.2) is 28.3 Å². The number of nitrogens with one attached hydrogen (secondary N) is 1. The first-order valence-electron chi connectivity index (χ1n) is 7.89. The normalized spacial score (nSPS) is 14.5. The number of aromatic nitrogens is 2. The van der Waals surface area contributed by atoms with E-state index >= 15 is 0 Å². The van der Waals surface area contributed by atoms with Crippen molar-refractivity contribution in [3.8, 4) is 0 Å². The van der Waals surface area contributed by atoms with Crippen LogP contribution in [0.2, 0.25) is 0 Å². The Kier molecular flexibility index (Phi) is 5.30. The molecular formula is C17H18BrN3O3. The van der Waals surface area contributed by atoms with E-state index in [2.05, 4.69) is 26.3 Å². The number of ether oxygens (including phenoxy) is 1. The maximum absolute atomic E-state index is 12.0. The first kappa shape index (κ1) is 16.7. The molecule has 0 atom stereocenters. The molecule has 0 unspecified atom stereocenters. The topological polar surface area (TPSA) is 73.2 Å². The first-order chi connectivity index (χ1) is 11.6. The summed E-state index contributed by atoms with van der Waals surface area (Å²) in [6.45, 7) is -0.329. The highest BCUT2D eigenvalue weighted by Crippen LogP contribution is 2.31. The maximum atomic E-state index is 12.0. The average Bonchev–Trinajstić information content (AvgIpc) is 3.24. The van der Waals surface area contributed by atoms with Gasteiger partial charge >= 0.3 is 5.97 Å². The van der Waals surface area contributed by atoms with E-state index in [4.69, 9.17) is 4.74 Å². The molecule has 1 heterocycles. The molecule has 1 fully saturated rings. The highest BCUT2D eigenvalue weighted by atomic mass is 79.9. The fourth-order valence-electron chi connectivity index (χ4n) is 2.83. The first-order valence-corrected chi connectivity index (χ1v) is 8.69. The molecule has 1 saturated carbocycles. The number of benzene rings is 1. The Balaban J connectivity index is 1.53. The van der Waals surface area contributed by atoms with Gasteiger partial charge in [-0.15, -0.1) is 0 Å². The van der Waals surface area contributed by atoms with Gasteiger partial charge in [0.25, 0.3) is 5.91 Å². The van der Waals surface area contributed by atoms with Gasteiger partial charge in [-0.1, -0.05) is 28.8 Å². The molecule has 1 amide bonds. The Morgan fingerprint density at radius 3 is 2.62 bits per heavy atom. The van der Waals surface area contributed by atoms with Gasteiger partial charge in [0, 0.05) is 10.5 Å². The lowest BCUT2D eigenvalue weighted by Gasteiger charge is -2.14. The molecule has 1 aromatic heterocycles. The summed E-state index contributed by atoms with van der Waals surface area (Å²) >= 11 is 3.30. The molecular weight excluding hydrogens is 374 g/mol. The molecule has 7 heteroatoms. The summed E-state index contributed by atoms with van der Waals surface area (Å²) in [7, 11) is 0. The van der Waals surface area contributed by atoms with E-state index < -0.39 is 5.97 Å². The summed E-state index contributed by atoms with van der Waals surface area (Å²) in [4.78, 5) is 23.9. The van der Waals surface area contributed by atoms with Crippen LogP contribution in [0.25, 0.3) is 0 Å². The quantitative estimate of drug-likeness (QED) is 0.790. The number of hydrogen-bond donors (Lipinski definition) is 1. The molecule has 0 radical (unpaired) electrons. The zero-order chi connectivity index (χ0) is 16.9. The van der Waals surface area contributed by atoms with Gasteiger partial charge in [-0.3, -0.25) is 4.79 Å². The number of rotatable bonds is 5. The highest BCUT2D eigenvalue weighted by molar-refractivity contribution is 9.10. The van der Waals surface area contributed by atoms with Crippen LogP contribution in [0.1, 0.15) is 42.1 Å². The summed E-state index contributed by atoms with van der Waals surface area (Å²) in [5.41, 5.74) is 0.405. The van der Waals surface area contributed by atoms with Crippen LogP contribution in [0.15, 0.2) is 41.0 Å². The third-order valence-corrected chi connectivity index (χ3v) is 4.55.